The summed E-state index contributed by atoms with van der Waals surface area (Å²) in [6.07, 6.45) is -4.46. The zero-order valence-electron chi connectivity index (χ0n) is 11.5. The molecule has 1 heterocycles. The van der Waals surface area contributed by atoms with Crippen molar-refractivity contribution in [3.8, 4) is 11.5 Å². The van der Waals surface area contributed by atoms with Crippen molar-refractivity contribution in [1.29, 1.82) is 0 Å². The Morgan fingerprint density at radius 3 is 2.43 bits per heavy atom. The van der Waals surface area contributed by atoms with E-state index in [4.69, 9.17) is 4.74 Å². The molecular weight excluding hydrogens is 309 g/mol. The summed E-state index contributed by atoms with van der Waals surface area (Å²) in [6, 6.07) is 2.09. The predicted molar refractivity (Wildman–Crippen MR) is 75.1 cm³/mol. The molecule has 1 saturated heterocycles. The molecule has 0 radical (unpaired) electrons. The molecule has 120 valence electrons. The molecule has 21 heavy (non-hydrogen) atoms. The first kappa shape index (κ1) is 17.9. The summed E-state index contributed by atoms with van der Waals surface area (Å²) in [5, 5.41) is 12.8. The highest BCUT2D eigenvalue weighted by Gasteiger charge is 2.46. The van der Waals surface area contributed by atoms with Gasteiger partial charge < -0.3 is 15.2 Å². The van der Waals surface area contributed by atoms with Crippen LogP contribution >= 0.6 is 12.4 Å². The number of aromatic hydroxyl groups is 1. The fraction of sp³-hybridized carbons (Fsp3) is 0.538. The highest BCUT2D eigenvalue weighted by molar-refractivity contribution is 5.85. The molecule has 1 atom stereocenters. The van der Waals surface area contributed by atoms with E-state index in [1.54, 1.807) is 0 Å². The first-order chi connectivity index (χ1) is 9.43. The van der Waals surface area contributed by atoms with Gasteiger partial charge in [-0.3, -0.25) is 4.90 Å². The number of alkyl halides is 3. The molecule has 0 aromatic heterocycles. The molecule has 0 amide bonds. The zero-order valence-corrected chi connectivity index (χ0v) is 12.3. The van der Waals surface area contributed by atoms with Crippen molar-refractivity contribution in [3.05, 3.63) is 23.8 Å². The molecule has 1 aromatic rings. The molecule has 1 fully saturated rings. The lowest BCUT2D eigenvalue weighted by atomic mass is 10.0. The zero-order chi connectivity index (χ0) is 14.8. The third-order valence-corrected chi connectivity index (χ3v) is 3.36. The second-order valence-corrected chi connectivity index (χ2v) is 4.65. The van der Waals surface area contributed by atoms with Gasteiger partial charge in [0.2, 0.25) is 0 Å². The third-order valence-electron chi connectivity index (χ3n) is 3.36. The van der Waals surface area contributed by atoms with Crippen LogP contribution in [0.2, 0.25) is 0 Å². The Balaban J connectivity index is 0.00000220. The van der Waals surface area contributed by atoms with Crippen LogP contribution < -0.4 is 10.1 Å². The number of hydrogen-bond acceptors (Lipinski definition) is 4. The number of rotatable bonds is 3. The Hall–Kier alpha value is -1.18. The fourth-order valence-electron chi connectivity index (χ4n) is 2.40. The number of phenolic OH excluding ortho intramolecular Hbond substituents is 1. The molecular formula is C13H18ClF3N2O2. The van der Waals surface area contributed by atoms with Crippen LogP contribution in [0.5, 0.6) is 11.5 Å². The maximum atomic E-state index is 13.4. The lowest BCUT2D eigenvalue weighted by molar-refractivity contribution is -0.188. The molecule has 0 bridgehead atoms. The van der Waals surface area contributed by atoms with E-state index in [0.29, 0.717) is 18.8 Å². The minimum Gasteiger partial charge on any atom is -0.508 e. The molecule has 0 unspecified atom stereocenters. The van der Waals surface area contributed by atoms with Crippen LogP contribution in [-0.4, -0.2) is 49.5 Å². The minimum absolute atomic E-state index is 0. The van der Waals surface area contributed by atoms with E-state index in [9.17, 15) is 18.3 Å². The third kappa shape index (κ3) is 4.15. The first-order valence-corrected chi connectivity index (χ1v) is 6.32. The number of methoxy groups -OCH3 is 1. The van der Waals surface area contributed by atoms with Gasteiger partial charge in [0.1, 0.15) is 17.5 Å². The quantitative estimate of drug-likeness (QED) is 0.895. The highest BCUT2D eigenvalue weighted by atomic mass is 35.5. The Kier molecular flexibility index (Phi) is 6.12. The minimum atomic E-state index is -4.46. The van der Waals surface area contributed by atoms with Gasteiger partial charge in [0, 0.05) is 31.7 Å². The maximum Gasteiger partial charge on any atom is 0.408 e. The van der Waals surface area contributed by atoms with Gasteiger partial charge in [-0.2, -0.15) is 13.2 Å². The standard InChI is InChI=1S/C13H17F3N2O2.ClH/c1-20-9-2-3-11(19)10(8-9)12(13(14,15)16)18-6-4-17-5-7-18;/h2-3,8,12,17,19H,4-7H2,1H3;1H/t12-;/m0./s1. The number of phenols is 1. The summed E-state index contributed by atoms with van der Waals surface area (Å²) >= 11 is 0. The van der Waals surface area contributed by atoms with Crippen molar-refractivity contribution < 1.29 is 23.0 Å². The summed E-state index contributed by atoms with van der Waals surface area (Å²) < 4.78 is 45.1. The summed E-state index contributed by atoms with van der Waals surface area (Å²) in [4.78, 5) is 1.32. The van der Waals surface area contributed by atoms with Crippen molar-refractivity contribution in [2.24, 2.45) is 0 Å². The van der Waals surface area contributed by atoms with Crippen LogP contribution in [0.3, 0.4) is 0 Å². The van der Waals surface area contributed by atoms with E-state index in [1.165, 1.54) is 30.2 Å². The van der Waals surface area contributed by atoms with Crippen molar-refractivity contribution in [3.63, 3.8) is 0 Å². The van der Waals surface area contributed by atoms with Gasteiger partial charge in [-0.15, -0.1) is 12.4 Å². The first-order valence-electron chi connectivity index (χ1n) is 6.32. The Morgan fingerprint density at radius 1 is 1.29 bits per heavy atom. The van der Waals surface area contributed by atoms with Gasteiger partial charge in [-0.25, -0.2) is 0 Å². The average molecular weight is 327 g/mol. The van der Waals surface area contributed by atoms with Crippen LogP contribution in [0.1, 0.15) is 11.6 Å². The van der Waals surface area contributed by atoms with Crippen molar-refractivity contribution >= 4 is 12.4 Å². The molecule has 1 aliphatic rings. The Morgan fingerprint density at radius 2 is 1.90 bits per heavy atom. The monoisotopic (exact) mass is 326 g/mol. The molecule has 1 aliphatic heterocycles. The van der Waals surface area contributed by atoms with E-state index in [-0.39, 0.29) is 36.8 Å². The Labute approximate surface area is 127 Å². The lowest BCUT2D eigenvalue weighted by Crippen LogP contribution is -2.49. The number of ether oxygens (including phenoxy) is 1. The van der Waals surface area contributed by atoms with Crippen LogP contribution in [0, 0.1) is 0 Å². The average Bonchev–Trinajstić information content (AvgIpc) is 2.41. The number of benzene rings is 1. The van der Waals surface area contributed by atoms with Crippen LogP contribution in [0.15, 0.2) is 18.2 Å². The van der Waals surface area contributed by atoms with Crippen LogP contribution in [0.4, 0.5) is 13.2 Å². The summed E-state index contributed by atoms with van der Waals surface area (Å²) in [5.74, 6) is -0.0751. The Bertz CT molecular complexity index is 465. The number of piperazine rings is 1. The SMILES string of the molecule is COc1ccc(O)c([C@H](N2CCNCC2)C(F)(F)F)c1.Cl. The van der Waals surface area contributed by atoms with Crippen molar-refractivity contribution in [2.75, 3.05) is 33.3 Å². The van der Waals surface area contributed by atoms with Crippen molar-refractivity contribution in [1.82, 2.24) is 10.2 Å². The number of hydrogen-bond donors (Lipinski definition) is 2. The van der Waals surface area contributed by atoms with E-state index >= 15 is 0 Å². The molecule has 8 heteroatoms. The molecule has 0 saturated carbocycles. The highest BCUT2D eigenvalue weighted by Crippen LogP contribution is 2.42. The van der Waals surface area contributed by atoms with Gasteiger partial charge in [-0.05, 0) is 18.2 Å². The van der Waals surface area contributed by atoms with Crippen molar-refractivity contribution in [2.45, 2.75) is 12.2 Å². The topological polar surface area (TPSA) is 44.7 Å². The number of nitrogens with one attached hydrogen (secondary N) is 1. The van der Waals surface area contributed by atoms with E-state index < -0.39 is 12.2 Å². The smallest absolute Gasteiger partial charge is 0.408 e. The fourth-order valence-corrected chi connectivity index (χ4v) is 2.40. The van der Waals surface area contributed by atoms with E-state index in [1.807, 2.05) is 0 Å². The molecule has 1 aromatic carbocycles. The molecule has 4 nitrogen and oxygen atoms in total. The predicted octanol–water partition coefficient (Wildman–Crippen LogP) is 2.33. The molecule has 0 spiro atoms. The lowest BCUT2D eigenvalue weighted by Gasteiger charge is -2.36. The molecule has 2 rings (SSSR count). The second kappa shape index (κ2) is 7.20. The summed E-state index contributed by atoms with van der Waals surface area (Å²) in [5.41, 5.74) is -0.168. The summed E-state index contributed by atoms with van der Waals surface area (Å²) in [7, 11) is 1.38. The number of halogens is 4. The summed E-state index contributed by atoms with van der Waals surface area (Å²) in [6.45, 7) is 1.55. The van der Waals surface area contributed by atoms with E-state index in [2.05, 4.69) is 5.32 Å². The van der Waals surface area contributed by atoms with Gasteiger partial charge >= 0.3 is 6.18 Å². The second-order valence-electron chi connectivity index (χ2n) is 4.65. The van der Waals surface area contributed by atoms with E-state index in [0.717, 1.165) is 0 Å². The largest absolute Gasteiger partial charge is 0.508 e. The van der Waals surface area contributed by atoms with Crippen LogP contribution in [0.25, 0.3) is 0 Å². The van der Waals surface area contributed by atoms with Gasteiger partial charge in [0.15, 0.2) is 0 Å². The van der Waals surface area contributed by atoms with Gasteiger partial charge in [-0.1, -0.05) is 0 Å². The number of nitrogens with zero attached hydrogens (tertiary/aromatic N) is 1. The maximum absolute atomic E-state index is 13.4. The normalized spacial score (nSPS) is 17.9. The van der Waals surface area contributed by atoms with Gasteiger partial charge in [0.05, 0.1) is 7.11 Å². The molecule has 0 aliphatic carbocycles. The molecule has 2 N–H and O–H groups in total. The van der Waals surface area contributed by atoms with Gasteiger partial charge in [0.25, 0.3) is 0 Å². The van der Waals surface area contributed by atoms with Crippen LogP contribution in [-0.2, 0) is 0 Å².